The first-order valence-electron chi connectivity index (χ1n) is 8.19. The predicted molar refractivity (Wildman–Crippen MR) is 100 cm³/mol. The molecule has 3 rings (SSSR count). The Bertz CT molecular complexity index is 984. The minimum Gasteiger partial charge on any atom is -0.494 e. The van der Waals surface area contributed by atoms with E-state index in [1.54, 1.807) is 55.8 Å². The summed E-state index contributed by atoms with van der Waals surface area (Å²) >= 11 is 0. The fraction of sp³-hybridized carbons (Fsp3) is 0.211. The first-order chi connectivity index (χ1) is 12.6. The third-order valence-corrected chi connectivity index (χ3v) is 3.97. The van der Waals surface area contributed by atoms with E-state index in [-0.39, 0.29) is 18.0 Å². The number of ether oxygens (including phenoxy) is 1. The van der Waals surface area contributed by atoms with Crippen LogP contribution in [0.15, 0.2) is 62.8 Å². The van der Waals surface area contributed by atoms with Crippen molar-refractivity contribution < 1.29 is 9.84 Å². The Balaban J connectivity index is 2.24. The molecule has 1 N–H and O–H groups in total. The molecule has 0 bridgehead atoms. The number of nitrogens with zero attached hydrogens (tertiary/aromatic N) is 3. The molecule has 1 aromatic heterocycles. The highest BCUT2D eigenvalue weighted by Crippen LogP contribution is 2.18. The van der Waals surface area contributed by atoms with Crippen LogP contribution >= 0.6 is 0 Å². The van der Waals surface area contributed by atoms with Crippen LogP contribution in [0.4, 0.5) is 0 Å². The van der Waals surface area contributed by atoms with Gasteiger partial charge < -0.3 is 9.84 Å². The van der Waals surface area contributed by atoms with Crippen LogP contribution in [0.25, 0.3) is 11.8 Å². The average molecular weight is 353 g/mol. The molecule has 2 heterocycles. The molecule has 0 amide bonds. The predicted octanol–water partition coefficient (Wildman–Crippen LogP) is 1.72. The molecule has 7 heteroatoms. The molecule has 0 saturated carbocycles. The van der Waals surface area contributed by atoms with Crippen LogP contribution in [0, 0.1) is 0 Å². The van der Waals surface area contributed by atoms with E-state index in [4.69, 9.17) is 4.74 Å². The van der Waals surface area contributed by atoms with E-state index >= 15 is 0 Å². The summed E-state index contributed by atoms with van der Waals surface area (Å²) < 4.78 is 7.25. The van der Waals surface area contributed by atoms with E-state index < -0.39 is 11.2 Å². The molecule has 0 atom stereocenters. The molecule has 0 aliphatic carbocycles. The van der Waals surface area contributed by atoms with Crippen LogP contribution in [-0.4, -0.2) is 34.2 Å². The number of aliphatic imine (C=N–C) groups is 1. The molecule has 7 nitrogen and oxygen atoms in total. The van der Waals surface area contributed by atoms with Gasteiger partial charge >= 0.3 is 5.69 Å². The second kappa shape index (κ2) is 7.79. The van der Waals surface area contributed by atoms with Gasteiger partial charge in [0.15, 0.2) is 0 Å². The van der Waals surface area contributed by atoms with Crippen molar-refractivity contribution >= 4 is 12.3 Å². The smallest absolute Gasteiger partial charge is 0.338 e. The van der Waals surface area contributed by atoms with E-state index in [0.717, 1.165) is 4.57 Å². The van der Waals surface area contributed by atoms with Gasteiger partial charge in [-0.1, -0.05) is 18.2 Å². The Hall–Kier alpha value is -3.19. The molecule has 1 aliphatic heterocycles. The van der Waals surface area contributed by atoms with E-state index in [1.807, 2.05) is 0 Å². The number of aromatic hydroxyl groups is 1. The maximum absolute atomic E-state index is 12.9. The van der Waals surface area contributed by atoms with Crippen molar-refractivity contribution in [3.8, 4) is 11.6 Å². The van der Waals surface area contributed by atoms with Crippen molar-refractivity contribution in [1.29, 1.82) is 0 Å². The number of hydrogen-bond acceptors (Lipinski definition) is 5. The van der Waals surface area contributed by atoms with Crippen molar-refractivity contribution in [2.24, 2.45) is 4.99 Å². The second-order valence-corrected chi connectivity index (χ2v) is 5.70. The zero-order valence-electron chi connectivity index (χ0n) is 14.3. The van der Waals surface area contributed by atoms with Crippen molar-refractivity contribution in [3.63, 3.8) is 0 Å². The summed E-state index contributed by atoms with van der Waals surface area (Å²) in [6.45, 7) is 0.653. The lowest BCUT2D eigenvalue weighted by molar-refractivity contribution is 0.188. The van der Waals surface area contributed by atoms with Crippen molar-refractivity contribution in [2.45, 2.75) is 13.0 Å². The largest absolute Gasteiger partial charge is 0.494 e. The highest BCUT2D eigenvalue weighted by atomic mass is 16.5. The second-order valence-electron chi connectivity index (χ2n) is 5.70. The zero-order valence-corrected chi connectivity index (χ0v) is 14.3. The Morgan fingerprint density at radius 3 is 2.65 bits per heavy atom. The molecule has 134 valence electrons. The van der Waals surface area contributed by atoms with Gasteiger partial charge in [-0.2, -0.15) is 0 Å². The molecule has 2 aromatic rings. The van der Waals surface area contributed by atoms with Gasteiger partial charge in [0.05, 0.1) is 11.4 Å². The molecule has 0 saturated heterocycles. The van der Waals surface area contributed by atoms with Gasteiger partial charge in [-0.15, -0.1) is 0 Å². The van der Waals surface area contributed by atoms with Crippen LogP contribution < -0.4 is 11.2 Å². The average Bonchev–Trinajstić information content (AvgIpc) is 3.16. The third-order valence-electron chi connectivity index (χ3n) is 3.97. The summed E-state index contributed by atoms with van der Waals surface area (Å²) in [5, 5.41) is 10.6. The standard InChI is InChI=1S/C19H19N3O4/c1-26-12-6-11-21-17(23)16(13-14-7-5-10-20-14)18(24)22(19(21)25)15-8-3-2-4-9-15/h2-5,7-10,13,23H,6,11-12H2,1H3/b14-13+. The maximum atomic E-state index is 12.9. The quantitative estimate of drug-likeness (QED) is 0.801. The van der Waals surface area contributed by atoms with E-state index in [9.17, 15) is 14.7 Å². The molecular weight excluding hydrogens is 334 g/mol. The number of para-hydroxylation sites is 1. The van der Waals surface area contributed by atoms with Gasteiger partial charge in [0.1, 0.15) is 5.56 Å². The van der Waals surface area contributed by atoms with E-state index in [2.05, 4.69) is 4.99 Å². The SMILES string of the molecule is COCCCn1c(O)c(/C=C2\C=CC=N2)c(=O)n(-c2ccccc2)c1=O. The monoisotopic (exact) mass is 353 g/mol. The zero-order chi connectivity index (χ0) is 18.5. The fourth-order valence-electron chi connectivity index (χ4n) is 2.71. The number of allylic oxidation sites excluding steroid dienone is 2. The number of methoxy groups -OCH3 is 1. The molecule has 1 aromatic carbocycles. The lowest BCUT2D eigenvalue weighted by Gasteiger charge is -2.14. The highest BCUT2D eigenvalue weighted by Gasteiger charge is 2.18. The number of rotatable bonds is 6. The Kier molecular flexibility index (Phi) is 5.28. The summed E-state index contributed by atoms with van der Waals surface area (Å²) in [6.07, 6.45) is 7.03. The topological polar surface area (TPSA) is 85.8 Å². The molecular formula is C19H19N3O4. The summed E-state index contributed by atoms with van der Waals surface area (Å²) in [5.41, 5.74) is -0.205. The summed E-state index contributed by atoms with van der Waals surface area (Å²) in [6, 6.07) is 8.62. The molecule has 0 spiro atoms. The van der Waals surface area contributed by atoms with Gasteiger partial charge in [-0.05, 0) is 36.8 Å². The normalized spacial score (nSPS) is 14.4. The van der Waals surface area contributed by atoms with E-state index in [0.29, 0.717) is 24.4 Å². The number of hydrogen-bond donors (Lipinski definition) is 1. The lowest BCUT2D eigenvalue weighted by atomic mass is 10.2. The summed E-state index contributed by atoms with van der Waals surface area (Å²) in [4.78, 5) is 29.9. The Morgan fingerprint density at radius 1 is 1.23 bits per heavy atom. The van der Waals surface area contributed by atoms with Crippen LogP contribution in [0.1, 0.15) is 12.0 Å². The Morgan fingerprint density at radius 2 is 2.00 bits per heavy atom. The molecule has 0 unspecified atom stereocenters. The third kappa shape index (κ3) is 3.43. The number of aromatic nitrogens is 2. The van der Waals surface area contributed by atoms with Crippen LogP contribution in [0.3, 0.4) is 0 Å². The molecule has 0 fully saturated rings. The van der Waals surface area contributed by atoms with Gasteiger partial charge in [-0.25, -0.2) is 9.36 Å². The minimum atomic E-state index is -0.595. The number of benzene rings is 1. The van der Waals surface area contributed by atoms with Crippen LogP contribution in [0.2, 0.25) is 0 Å². The highest BCUT2D eigenvalue weighted by molar-refractivity contribution is 5.79. The van der Waals surface area contributed by atoms with Gasteiger partial charge in [-0.3, -0.25) is 14.4 Å². The molecule has 1 aliphatic rings. The van der Waals surface area contributed by atoms with Crippen LogP contribution in [0.5, 0.6) is 5.88 Å². The van der Waals surface area contributed by atoms with E-state index in [1.165, 1.54) is 10.6 Å². The van der Waals surface area contributed by atoms with Crippen molar-refractivity contribution in [2.75, 3.05) is 13.7 Å². The fourth-order valence-corrected chi connectivity index (χ4v) is 2.71. The molecule has 0 radical (unpaired) electrons. The first kappa shape index (κ1) is 17.6. The van der Waals surface area contributed by atoms with Gasteiger partial charge in [0, 0.05) is 26.5 Å². The lowest BCUT2D eigenvalue weighted by Crippen LogP contribution is -2.40. The summed E-state index contributed by atoms with van der Waals surface area (Å²) in [7, 11) is 1.56. The van der Waals surface area contributed by atoms with Crippen molar-refractivity contribution in [3.05, 3.63) is 74.6 Å². The Labute approximate surface area is 149 Å². The van der Waals surface area contributed by atoms with Gasteiger partial charge in [0.25, 0.3) is 5.56 Å². The van der Waals surface area contributed by atoms with Gasteiger partial charge in [0.2, 0.25) is 5.88 Å². The van der Waals surface area contributed by atoms with Crippen LogP contribution in [-0.2, 0) is 11.3 Å². The maximum Gasteiger partial charge on any atom is 0.338 e. The molecule has 26 heavy (non-hydrogen) atoms. The summed E-state index contributed by atoms with van der Waals surface area (Å²) in [5.74, 6) is -0.369. The first-order valence-corrected chi connectivity index (χ1v) is 8.19. The minimum absolute atomic E-state index is 0.0181. The van der Waals surface area contributed by atoms with Crippen molar-refractivity contribution in [1.82, 2.24) is 9.13 Å².